The van der Waals surface area contributed by atoms with E-state index in [1.807, 2.05) is 24.3 Å². The van der Waals surface area contributed by atoms with E-state index >= 15 is 0 Å². The van der Waals surface area contributed by atoms with E-state index in [0.29, 0.717) is 12.0 Å². The molecule has 1 aromatic carbocycles. The quantitative estimate of drug-likeness (QED) is 0.853. The van der Waals surface area contributed by atoms with Crippen LogP contribution in [0.15, 0.2) is 24.3 Å². The molecule has 4 heteroatoms. The van der Waals surface area contributed by atoms with Crippen LogP contribution >= 0.6 is 0 Å². The molecule has 2 fully saturated rings. The van der Waals surface area contributed by atoms with Crippen LogP contribution in [0.25, 0.3) is 0 Å². The lowest BCUT2D eigenvalue weighted by Crippen LogP contribution is -2.39. The van der Waals surface area contributed by atoms with Gasteiger partial charge in [-0.1, -0.05) is 12.1 Å². The number of piperidine rings is 1. The Kier molecular flexibility index (Phi) is 5.57. The standard InChI is InChI=1S/C20H30N2O2/c1-21-12-8-20(9-13-21)7-4-11-22(14-10-20)19(23)18-6-3-5-17(15-18)16-24-2/h3,5-6,15H,4,7-14,16H2,1-2H3. The van der Waals surface area contributed by atoms with Crippen LogP contribution in [0, 0.1) is 5.41 Å². The molecule has 0 aliphatic carbocycles. The Bertz CT molecular complexity index is 565. The Morgan fingerprint density at radius 3 is 2.62 bits per heavy atom. The topological polar surface area (TPSA) is 32.8 Å². The monoisotopic (exact) mass is 330 g/mol. The minimum Gasteiger partial charge on any atom is -0.380 e. The van der Waals surface area contributed by atoms with Gasteiger partial charge in [0.15, 0.2) is 0 Å². The molecule has 2 heterocycles. The van der Waals surface area contributed by atoms with Crippen molar-refractivity contribution in [1.82, 2.24) is 9.80 Å². The fourth-order valence-corrected chi connectivity index (χ4v) is 4.19. The van der Waals surface area contributed by atoms with Gasteiger partial charge < -0.3 is 14.5 Å². The number of hydrogen-bond donors (Lipinski definition) is 0. The molecule has 1 spiro atoms. The third-order valence-corrected chi connectivity index (χ3v) is 5.87. The normalized spacial score (nSPS) is 21.7. The van der Waals surface area contributed by atoms with Crippen LogP contribution in [0.4, 0.5) is 0 Å². The van der Waals surface area contributed by atoms with Gasteiger partial charge in [-0.2, -0.15) is 0 Å². The summed E-state index contributed by atoms with van der Waals surface area (Å²) >= 11 is 0. The summed E-state index contributed by atoms with van der Waals surface area (Å²) in [5.74, 6) is 0.179. The largest absolute Gasteiger partial charge is 0.380 e. The maximum absolute atomic E-state index is 12.9. The number of ether oxygens (including phenoxy) is 1. The molecule has 0 saturated carbocycles. The van der Waals surface area contributed by atoms with Crippen molar-refractivity contribution in [1.29, 1.82) is 0 Å². The Labute approximate surface area is 145 Å². The lowest BCUT2D eigenvalue weighted by molar-refractivity contribution is 0.0734. The molecule has 24 heavy (non-hydrogen) atoms. The van der Waals surface area contributed by atoms with Gasteiger partial charge in [-0.25, -0.2) is 0 Å². The van der Waals surface area contributed by atoms with Crippen molar-refractivity contribution in [3.8, 4) is 0 Å². The van der Waals surface area contributed by atoms with E-state index in [0.717, 1.165) is 37.1 Å². The van der Waals surface area contributed by atoms with Crippen molar-refractivity contribution in [2.75, 3.05) is 40.3 Å². The second kappa shape index (κ2) is 7.66. The van der Waals surface area contributed by atoms with E-state index in [-0.39, 0.29) is 5.91 Å². The van der Waals surface area contributed by atoms with Crippen molar-refractivity contribution in [3.63, 3.8) is 0 Å². The first-order valence-electron chi connectivity index (χ1n) is 9.18. The minimum atomic E-state index is 0.179. The molecule has 0 aromatic heterocycles. The number of benzene rings is 1. The molecule has 4 nitrogen and oxygen atoms in total. The van der Waals surface area contributed by atoms with E-state index in [2.05, 4.69) is 16.8 Å². The molecule has 2 aliphatic rings. The Morgan fingerprint density at radius 2 is 1.88 bits per heavy atom. The lowest BCUT2D eigenvalue weighted by Gasteiger charge is -2.40. The van der Waals surface area contributed by atoms with Gasteiger partial charge in [0, 0.05) is 25.8 Å². The zero-order valence-electron chi connectivity index (χ0n) is 15.1. The SMILES string of the molecule is COCc1cccc(C(=O)N2CCCC3(CCN(C)CC3)CC2)c1. The molecule has 0 atom stereocenters. The Balaban J connectivity index is 1.65. The number of amides is 1. The highest BCUT2D eigenvalue weighted by Gasteiger charge is 2.36. The summed E-state index contributed by atoms with van der Waals surface area (Å²) in [7, 11) is 3.90. The van der Waals surface area contributed by atoms with Gasteiger partial charge in [0.1, 0.15) is 0 Å². The van der Waals surface area contributed by atoms with E-state index < -0.39 is 0 Å². The zero-order chi connectivity index (χ0) is 17.0. The smallest absolute Gasteiger partial charge is 0.253 e. The van der Waals surface area contributed by atoms with Crippen LogP contribution < -0.4 is 0 Å². The van der Waals surface area contributed by atoms with Crippen LogP contribution in [0.3, 0.4) is 0 Å². The number of carbonyl (C=O) groups excluding carboxylic acids is 1. The van der Waals surface area contributed by atoms with Crippen LogP contribution in [-0.2, 0) is 11.3 Å². The Morgan fingerprint density at radius 1 is 1.12 bits per heavy atom. The molecule has 0 unspecified atom stereocenters. The molecule has 2 saturated heterocycles. The van der Waals surface area contributed by atoms with Crippen LogP contribution in [0.2, 0.25) is 0 Å². The fourth-order valence-electron chi connectivity index (χ4n) is 4.19. The molecule has 3 rings (SSSR count). The average Bonchev–Trinajstić information content (AvgIpc) is 2.81. The molecule has 1 amide bonds. The number of methoxy groups -OCH3 is 1. The summed E-state index contributed by atoms with van der Waals surface area (Å²) < 4.78 is 5.18. The van der Waals surface area contributed by atoms with Crippen molar-refractivity contribution in [3.05, 3.63) is 35.4 Å². The number of carbonyl (C=O) groups is 1. The van der Waals surface area contributed by atoms with Crippen LogP contribution in [0.5, 0.6) is 0 Å². The number of likely N-dealkylation sites (tertiary alicyclic amines) is 2. The first-order valence-corrected chi connectivity index (χ1v) is 9.18. The summed E-state index contributed by atoms with van der Waals surface area (Å²) in [6.07, 6.45) is 6.13. The molecule has 0 N–H and O–H groups in total. The molecule has 0 radical (unpaired) electrons. The molecule has 0 bridgehead atoms. The van der Waals surface area contributed by atoms with Crippen molar-refractivity contribution in [2.24, 2.45) is 5.41 Å². The summed E-state index contributed by atoms with van der Waals surface area (Å²) in [6.45, 7) is 4.75. The highest BCUT2D eigenvalue weighted by molar-refractivity contribution is 5.94. The van der Waals surface area contributed by atoms with Gasteiger partial charge >= 0.3 is 0 Å². The first kappa shape index (κ1) is 17.4. The lowest BCUT2D eigenvalue weighted by atomic mass is 9.73. The van der Waals surface area contributed by atoms with Crippen molar-refractivity contribution in [2.45, 2.75) is 38.7 Å². The second-order valence-electron chi connectivity index (χ2n) is 7.58. The fraction of sp³-hybridized carbons (Fsp3) is 0.650. The highest BCUT2D eigenvalue weighted by atomic mass is 16.5. The molecule has 132 valence electrons. The Hall–Kier alpha value is -1.39. The molecular weight excluding hydrogens is 300 g/mol. The maximum atomic E-state index is 12.9. The van der Waals surface area contributed by atoms with E-state index in [4.69, 9.17) is 4.74 Å². The predicted octanol–water partition coefficient (Wildman–Crippen LogP) is 3.17. The summed E-state index contributed by atoms with van der Waals surface area (Å²) in [5.41, 5.74) is 2.33. The van der Waals surface area contributed by atoms with Gasteiger partial charge in [0.2, 0.25) is 0 Å². The van der Waals surface area contributed by atoms with Crippen molar-refractivity contribution < 1.29 is 9.53 Å². The van der Waals surface area contributed by atoms with E-state index in [1.165, 1.54) is 32.4 Å². The van der Waals surface area contributed by atoms with Gasteiger partial charge in [-0.15, -0.1) is 0 Å². The van der Waals surface area contributed by atoms with Crippen molar-refractivity contribution >= 4 is 5.91 Å². The predicted molar refractivity (Wildman–Crippen MR) is 96.1 cm³/mol. The van der Waals surface area contributed by atoms with Gasteiger partial charge in [0.05, 0.1) is 6.61 Å². The third kappa shape index (κ3) is 3.98. The third-order valence-electron chi connectivity index (χ3n) is 5.87. The van der Waals surface area contributed by atoms with Crippen LogP contribution in [-0.4, -0.2) is 56.0 Å². The molecule has 1 aromatic rings. The van der Waals surface area contributed by atoms with E-state index in [9.17, 15) is 4.79 Å². The molecular formula is C20H30N2O2. The van der Waals surface area contributed by atoms with E-state index in [1.54, 1.807) is 7.11 Å². The number of hydrogen-bond acceptors (Lipinski definition) is 3. The average molecular weight is 330 g/mol. The number of nitrogens with zero attached hydrogens (tertiary/aromatic N) is 2. The zero-order valence-corrected chi connectivity index (χ0v) is 15.1. The summed E-state index contributed by atoms with van der Waals surface area (Å²) in [5, 5.41) is 0. The van der Waals surface area contributed by atoms with Gasteiger partial charge in [-0.05, 0) is 75.4 Å². The highest BCUT2D eigenvalue weighted by Crippen LogP contribution is 2.41. The molecule has 2 aliphatic heterocycles. The van der Waals surface area contributed by atoms with Gasteiger partial charge in [-0.3, -0.25) is 4.79 Å². The number of rotatable bonds is 3. The van der Waals surface area contributed by atoms with Gasteiger partial charge in [0.25, 0.3) is 5.91 Å². The minimum absolute atomic E-state index is 0.179. The second-order valence-corrected chi connectivity index (χ2v) is 7.58. The first-order chi connectivity index (χ1) is 11.6. The maximum Gasteiger partial charge on any atom is 0.253 e. The van der Waals surface area contributed by atoms with Crippen LogP contribution in [0.1, 0.15) is 48.0 Å². The summed E-state index contributed by atoms with van der Waals surface area (Å²) in [6, 6.07) is 7.87. The summed E-state index contributed by atoms with van der Waals surface area (Å²) in [4.78, 5) is 17.4.